The Bertz CT molecular complexity index is 308. The van der Waals surface area contributed by atoms with Crippen LogP contribution in [-0.2, 0) is 14.3 Å². The van der Waals surface area contributed by atoms with Crippen LogP contribution in [0.3, 0.4) is 0 Å². The summed E-state index contributed by atoms with van der Waals surface area (Å²) in [6, 6.07) is -0.582. The molecule has 4 nitrogen and oxygen atoms in total. The summed E-state index contributed by atoms with van der Waals surface area (Å²) < 4.78 is 5.27. The van der Waals surface area contributed by atoms with Crippen LogP contribution in [-0.4, -0.2) is 28.8 Å². The highest BCUT2D eigenvalue weighted by Crippen LogP contribution is 2.11. The van der Waals surface area contributed by atoms with Crippen molar-refractivity contribution in [3.8, 4) is 0 Å². The van der Waals surface area contributed by atoms with E-state index in [2.05, 4.69) is 21.2 Å². The second kappa shape index (κ2) is 8.29. The summed E-state index contributed by atoms with van der Waals surface area (Å²) in [5, 5.41) is 3.40. The van der Waals surface area contributed by atoms with Gasteiger partial charge >= 0.3 is 5.97 Å². The molecule has 0 aromatic rings. The molecule has 0 saturated heterocycles. The van der Waals surface area contributed by atoms with Crippen molar-refractivity contribution in [2.24, 2.45) is 0 Å². The van der Waals surface area contributed by atoms with E-state index in [0.29, 0.717) is 6.42 Å². The van der Waals surface area contributed by atoms with Gasteiger partial charge in [-0.3, -0.25) is 4.79 Å². The molecule has 0 radical (unpaired) electrons. The summed E-state index contributed by atoms with van der Waals surface area (Å²) in [5.41, 5.74) is -0.542. The van der Waals surface area contributed by atoms with E-state index in [1.165, 1.54) is 6.92 Å². The van der Waals surface area contributed by atoms with E-state index < -0.39 is 11.6 Å². The molecule has 104 valence electrons. The van der Waals surface area contributed by atoms with E-state index in [0.717, 1.165) is 11.8 Å². The molecule has 1 atom stereocenters. The number of carbonyl (C=O) groups excluding carboxylic acids is 2. The van der Waals surface area contributed by atoms with Crippen LogP contribution in [0.25, 0.3) is 0 Å². The monoisotopic (exact) mass is 319 g/mol. The molecule has 0 aromatic carbocycles. The predicted octanol–water partition coefficient (Wildman–Crippen LogP) is 2.56. The van der Waals surface area contributed by atoms with Gasteiger partial charge in [-0.15, -0.1) is 0 Å². The van der Waals surface area contributed by atoms with Gasteiger partial charge in [-0.05, 0) is 33.6 Å². The first-order valence-electron chi connectivity index (χ1n) is 5.97. The van der Waals surface area contributed by atoms with Gasteiger partial charge in [0.25, 0.3) is 0 Å². The molecular weight excluding hydrogens is 298 g/mol. The smallest absolute Gasteiger partial charge is 0.329 e. The molecule has 0 aromatic heterocycles. The highest BCUT2D eigenvalue weighted by atomic mass is 79.9. The molecule has 5 heteroatoms. The molecule has 0 rings (SSSR count). The number of hydrogen-bond donors (Lipinski definition) is 1. The van der Waals surface area contributed by atoms with Crippen LogP contribution in [0.1, 0.15) is 40.5 Å². The van der Waals surface area contributed by atoms with Gasteiger partial charge in [-0.25, -0.2) is 4.79 Å². The van der Waals surface area contributed by atoms with Gasteiger partial charge in [0, 0.05) is 12.3 Å². The molecule has 0 saturated carbocycles. The van der Waals surface area contributed by atoms with E-state index in [1.54, 1.807) is 20.8 Å². The maximum Gasteiger partial charge on any atom is 0.329 e. The number of nitrogens with one attached hydrogen (secondary N) is 1. The Morgan fingerprint density at radius 3 is 2.39 bits per heavy atom. The first-order chi connectivity index (χ1) is 8.26. The van der Waals surface area contributed by atoms with E-state index in [-0.39, 0.29) is 11.9 Å². The predicted molar refractivity (Wildman–Crippen MR) is 75.6 cm³/mol. The molecule has 1 amide bonds. The standard InChI is InChI=1S/C13H22BrNO3/c1-10(16)15-11(8-6-5-7-9-14)12(17)18-13(2,3)4/h5,7,11H,6,8-9H2,1-4H3,(H,15,16)/b7-5+. The molecule has 0 aliphatic rings. The molecule has 18 heavy (non-hydrogen) atoms. The van der Waals surface area contributed by atoms with Crippen molar-refractivity contribution < 1.29 is 14.3 Å². The zero-order valence-electron chi connectivity index (χ0n) is 11.5. The molecule has 0 aliphatic carbocycles. The van der Waals surface area contributed by atoms with Crippen LogP contribution in [0, 0.1) is 0 Å². The number of esters is 1. The van der Waals surface area contributed by atoms with Gasteiger partial charge in [0.1, 0.15) is 11.6 Å². The van der Waals surface area contributed by atoms with Crippen LogP contribution in [0.15, 0.2) is 12.2 Å². The van der Waals surface area contributed by atoms with Crippen LogP contribution in [0.4, 0.5) is 0 Å². The molecular formula is C13H22BrNO3. The van der Waals surface area contributed by atoms with Crippen LogP contribution in [0.2, 0.25) is 0 Å². The fourth-order valence-corrected chi connectivity index (χ4v) is 1.58. The van der Waals surface area contributed by atoms with Crippen molar-refractivity contribution in [3.63, 3.8) is 0 Å². The van der Waals surface area contributed by atoms with Crippen LogP contribution in [0.5, 0.6) is 0 Å². The zero-order valence-corrected chi connectivity index (χ0v) is 13.0. The lowest BCUT2D eigenvalue weighted by Crippen LogP contribution is -2.43. The normalized spacial score (nSPS) is 13.4. The van der Waals surface area contributed by atoms with E-state index in [9.17, 15) is 9.59 Å². The average molecular weight is 320 g/mol. The third-order valence-corrected chi connectivity index (χ3v) is 2.32. The number of amides is 1. The molecule has 0 bridgehead atoms. The summed E-state index contributed by atoms with van der Waals surface area (Å²) in [5.74, 6) is -0.611. The van der Waals surface area contributed by atoms with Crippen molar-refractivity contribution >= 4 is 27.8 Å². The Morgan fingerprint density at radius 2 is 1.94 bits per heavy atom. The van der Waals surface area contributed by atoms with Gasteiger partial charge in [0.2, 0.25) is 5.91 Å². The van der Waals surface area contributed by atoms with Crippen molar-refractivity contribution in [3.05, 3.63) is 12.2 Å². The van der Waals surface area contributed by atoms with Crippen molar-refractivity contribution in [2.45, 2.75) is 52.2 Å². The Balaban J connectivity index is 4.42. The van der Waals surface area contributed by atoms with Gasteiger partial charge in [0.15, 0.2) is 0 Å². The fraction of sp³-hybridized carbons (Fsp3) is 0.692. The van der Waals surface area contributed by atoms with Gasteiger partial charge < -0.3 is 10.1 Å². The lowest BCUT2D eigenvalue weighted by Gasteiger charge is -2.24. The zero-order chi connectivity index (χ0) is 14.2. The van der Waals surface area contributed by atoms with E-state index >= 15 is 0 Å². The molecule has 0 fully saturated rings. The Kier molecular flexibility index (Phi) is 7.91. The minimum absolute atomic E-state index is 0.227. The summed E-state index contributed by atoms with van der Waals surface area (Å²) >= 11 is 3.28. The molecule has 0 aliphatic heterocycles. The van der Waals surface area contributed by atoms with Crippen molar-refractivity contribution in [2.75, 3.05) is 5.33 Å². The van der Waals surface area contributed by atoms with Gasteiger partial charge in [0.05, 0.1) is 0 Å². The average Bonchev–Trinajstić information content (AvgIpc) is 2.19. The number of ether oxygens (including phenoxy) is 1. The number of allylic oxidation sites excluding steroid dienone is 2. The third-order valence-electron chi connectivity index (χ3n) is 1.95. The Morgan fingerprint density at radius 1 is 1.33 bits per heavy atom. The number of rotatable bonds is 6. The summed E-state index contributed by atoms with van der Waals surface area (Å²) in [6.07, 6.45) is 5.18. The van der Waals surface area contributed by atoms with E-state index in [1.807, 2.05) is 12.2 Å². The minimum atomic E-state index is -0.582. The van der Waals surface area contributed by atoms with Crippen molar-refractivity contribution in [1.29, 1.82) is 0 Å². The SMILES string of the molecule is CC(=O)NC(CC/C=C/CBr)C(=O)OC(C)(C)C. The summed E-state index contributed by atoms with van der Waals surface area (Å²) in [7, 11) is 0. The molecule has 1 unspecified atom stereocenters. The third kappa shape index (κ3) is 9.22. The lowest BCUT2D eigenvalue weighted by molar-refractivity contribution is -0.158. The van der Waals surface area contributed by atoms with Crippen LogP contribution < -0.4 is 5.32 Å². The maximum absolute atomic E-state index is 11.9. The second-order valence-electron chi connectivity index (χ2n) is 4.99. The summed E-state index contributed by atoms with van der Waals surface area (Å²) in [6.45, 7) is 6.81. The van der Waals surface area contributed by atoms with Crippen LogP contribution >= 0.6 is 15.9 Å². The fourth-order valence-electron chi connectivity index (χ4n) is 1.31. The number of halogens is 1. The Hall–Kier alpha value is -0.840. The Labute approximate surface area is 117 Å². The molecule has 0 spiro atoms. The van der Waals surface area contributed by atoms with Crippen molar-refractivity contribution in [1.82, 2.24) is 5.32 Å². The number of carbonyl (C=O) groups is 2. The summed E-state index contributed by atoms with van der Waals surface area (Å²) in [4.78, 5) is 23.0. The lowest BCUT2D eigenvalue weighted by atomic mass is 10.1. The van der Waals surface area contributed by atoms with Gasteiger partial charge in [-0.2, -0.15) is 0 Å². The topological polar surface area (TPSA) is 55.4 Å². The highest BCUT2D eigenvalue weighted by Gasteiger charge is 2.25. The first-order valence-corrected chi connectivity index (χ1v) is 7.09. The highest BCUT2D eigenvalue weighted by molar-refractivity contribution is 9.09. The second-order valence-corrected chi connectivity index (χ2v) is 5.64. The maximum atomic E-state index is 11.9. The quantitative estimate of drug-likeness (QED) is 0.465. The number of alkyl halides is 1. The molecule has 1 N–H and O–H groups in total. The van der Waals surface area contributed by atoms with Gasteiger partial charge in [-0.1, -0.05) is 28.1 Å². The largest absolute Gasteiger partial charge is 0.458 e. The number of hydrogen-bond acceptors (Lipinski definition) is 3. The first kappa shape index (κ1) is 17.2. The minimum Gasteiger partial charge on any atom is -0.458 e. The van der Waals surface area contributed by atoms with E-state index in [4.69, 9.17) is 4.74 Å². The molecule has 0 heterocycles.